The first-order valence-electron chi connectivity index (χ1n) is 2.95. The molecule has 1 rings (SSSR count). The van der Waals surface area contributed by atoms with Crippen molar-refractivity contribution in [1.82, 2.24) is 0 Å². The fourth-order valence-electron chi connectivity index (χ4n) is 0.636. The van der Waals surface area contributed by atoms with Gasteiger partial charge in [-0.15, -0.1) is 0 Å². The maximum atomic E-state index is 10.1. The highest BCUT2D eigenvalue weighted by Gasteiger charge is 2.02. The summed E-state index contributed by atoms with van der Waals surface area (Å²) in [5.74, 6) is 0. The number of non-ortho nitro benzene ring substituents is 1. The average Bonchev–Trinajstić information content (AvgIpc) is 2.06. The molecule has 0 N–H and O–H groups in total. The highest BCUT2D eigenvalue weighted by atomic mass is 16.6. The first-order valence-corrected chi connectivity index (χ1v) is 2.95. The smallest absolute Gasteiger partial charge is 0.258 e. The maximum Gasteiger partial charge on any atom is 0.277 e. The fourth-order valence-corrected chi connectivity index (χ4v) is 0.636. The van der Waals surface area contributed by atoms with Crippen LogP contribution >= 0.6 is 0 Å². The number of nitrogens with zero attached hydrogens (tertiary/aromatic N) is 4. The van der Waals surface area contributed by atoms with Crippen molar-refractivity contribution in [3.05, 3.63) is 44.8 Å². The van der Waals surface area contributed by atoms with Crippen LogP contribution in [0.15, 0.2) is 23.3 Å². The van der Waals surface area contributed by atoms with E-state index >= 15 is 0 Å². The van der Waals surface area contributed by atoms with E-state index in [-0.39, 0.29) is 5.69 Å². The number of rotatable bonds is 2. The number of azide groups is 1. The van der Waals surface area contributed by atoms with E-state index in [9.17, 15) is 10.1 Å². The molecule has 0 saturated heterocycles. The maximum absolute atomic E-state index is 10.1. The summed E-state index contributed by atoms with van der Waals surface area (Å²) < 4.78 is 0. The molecule has 0 aliphatic heterocycles. The quantitative estimate of drug-likeness (QED) is 0.220. The lowest BCUT2D eigenvalue weighted by molar-refractivity contribution is -0.385. The van der Waals surface area contributed by atoms with Crippen LogP contribution in [0.2, 0.25) is 0 Å². The topological polar surface area (TPSA) is 91.9 Å². The molecule has 0 aromatic heterocycles. The zero-order valence-corrected chi connectivity index (χ0v) is 5.84. The standard InChI is InChI=1S/C6H3N4O2/c7-9-8-5-1-3-6(4-2-5)10(11)12/h1-3H. The average molecular weight is 163 g/mol. The Labute approximate surface area is 67.2 Å². The number of nitro groups is 1. The Hall–Kier alpha value is -2.07. The molecule has 12 heavy (non-hydrogen) atoms. The molecule has 6 nitrogen and oxygen atoms in total. The van der Waals surface area contributed by atoms with Gasteiger partial charge in [0.25, 0.3) is 5.69 Å². The first-order chi connectivity index (χ1) is 5.74. The molecule has 0 heterocycles. The number of hydrogen-bond acceptors (Lipinski definition) is 3. The van der Waals surface area contributed by atoms with Crippen LogP contribution in [0.25, 0.3) is 10.4 Å². The second-order valence-electron chi connectivity index (χ2n) is 1.88. The van der Waals surface area contributed by atoms with Gasteiger partial charge in [-0.2, -0.15) is 0 Å². The summed E-state index contributed by atoms with van der Waals surface area (Å²) in [7, 11) is 0. The summed E-state index contributed by atoms with van der Waals surface area (Å²) in [6.07, 6.45) is 0. The van der Waals surface area contributed by atoms with Gasteiger partial charge in [-0.3, -0.25) is 10.1 Å². The molecule has 59 valence electrons. The lowest BCUT2D eigenvalue weighted by atomic mass is 10.3. The van der Waals surface area contributed by atoms with Crippen LogP contribution in [-0.4, -0.2) is 4.92 Å². The van der Waals surface area contributed by atoms with Crippen LogP contribution in [-0.2, 0) is 0 Å². The third kappa shape index (κ3) is 1.71. The lowest BCUT2D eigenvalue weighted by Gasteiger charge is -1.89. The minimum Gasteiger partial charge on any atom is -0.258 e. The van der Waals surface area contributed by atoms with Crippen molar-refractivity contribution in [3.8, 4) is 0 Å². The van der Waals surface area contributed by atoms with E-state index in [1.54, 1.807) is 0 Å². The van der Waals surface area contributed by atoms with Crippen LogP contribution in [0, 0.1) is 16.2 Å². The highest BCUT2D eigenvalue weighted by molar-refractivity contribution is 5.42. The van der Waals surface area contributed by atoms with E-state index in [0.29, 0.717) is 5.69 Å². The summed E-state index contributed by atoms with van der Waals surface area (Å²) in [5.41, 5.74) is 8.17. The van der Waals surface area contributed by atoms with Crippen molar-refractivity contribution >= 4 is 11.4 Å². The predicted molar refractivity (Wildman–Crippen MR) is 40.7 cm³/mol. The molecule has 6 heteroatoms. The van der Waals surface area contributed by atoms with Gasteiger partial charge in [0.05, 0.1) is 11.0 Å². The van der Waals surface area contributed by atoms with Gasteiger partial charge in [-0.05, 0) is 17.7 Å². The SMILES string of the molecule is [N-]=[N+]=Nc1c[c]c([N+](=O)[O-])cc1. The van der Waals surface area contributed by atoms with Gasteiger partial charge in [-0.25, -0.2) is 0 Å². The summed E-state index contributed by atoms with van der Waals surface area (Å²) in [5, 5.41) is 13.4. The van der Waals surface area contributed by atoms with Gasteiger partial charge >= 0.3 is 0 Å². The first kappa shape index (κ1) is 8.03. The molecule has 0 aliphatic rings. The largest absolute Gasteiger partial charge is 0.277 e. The van der Waals surface area contributed by atoms with E-state index in [1.807, 2.05) is 0 Å². The zero-order chi connectivity index (χ0) is 8.97. The van der Waals surface area contributed by atoms with Crippen molar-refractivity contribution in [3.63, 3.8) is 0 Å². The Morgan fingerprint density at radius 3 is 2.83 bits per heavy atom. The van der Waals surface area contributed by atoms with Gasteiger partial charge in [-0.1, -0.05) is 5.11 Å². The lowest BCUT2D eigenvalue weighted by Crippen LogP contribution is -1.85. The normalized spacial score (nSPS) is 8.67. The van der Waals surface area contributed by atoms with E-state index in [1.165, 1.54) is 18.2 Å². The molecule has 0 spiro atoms. The van der Waals surface area contributed by atoms with Crippen molar-refractivity contribution < 1.29 is 4.92 Å². The summed E-state index contributed by atoms with van der Waals surface area (Å²) in [4.78, 5) is 12.1. The van der Waals surface area contributed by atoms with Crippen molar-refractivity contribution in [2.45, 2.75) is 0 Å². The summed E-state index contributed by atoms with van der Waals surface area (Å²) in [6.45, 7) is 0. The van der Waals surface area contributed by atoms with Crippen LogP contribution in [0.5, 0.6) is 0 Å². The molecule has 0 aliphatic carbocycles. The second kappa shape index (κ2) is 3.36. The van der Waals surface area contributed by atoms with Gasteiger partial charge in [0, 0.05) is 16.7 Å². The molecule has 0 fully saturated rings. The van der Waals surface area contributed by atoms with E-state index in [4.69, 9.17) is 5.53 Å². The Kier molecular flexibility index (Phi) is 2.25. The molecule has 0 unspecified atom stereocenters. The van der Waals surface area contributed by atoms with Crippen LogP contribution in [0.3, 0.4) is 0 Å². The van der Waals surface area contributed by atoms with Crippen LogP contribution in [0.4, 0.5) is 11.4 Å². The molecular formula is C6H3N4O2. The molecule has 1 aromatic carbocycles. The van der Waals surface area contributed by atoms with Crippen LogP contribution < -0.4 is 0 Å². The zero-order valence-electron chi connectivity index (χ0n) is 5.84. The van der Waals surface area contributed by atoms with Crippen molar-refractivity contribution in [2.75, 3.05) is 0 Å². The van der Waals surface area contributed by atoms with E-state index in [2.05, 4.69) is 16.1 Å². The van der Waals surface area contributed by atoms with Gasteiger partial charge in [0.15, 0.2) is 0 Å². The third-order valence-corrected chi connectivity index (χ3v) is 1.14. The fraction of sp³-hybridized carbons (Fsp3) is 0. The third-order valence-electron chi connectivity index (χ3n) is 1.14. The van der Waals surface area contributed by atoms with Gasteiger partial charge < -0.3 is 0 Å². The predicted octanol–water partition coefficient (Wildman–Crippen LogP) is 2.34. The number of benzene rings is 1. The Bertz CT molecular complexity index is 318. The number of hydrogen-bond donors (Lipinski definition) is 0. The van der Waals surface area contributed by atoms with Crippen molar-refractivity contribution in [2.24, 2.45) is 5.11 Å². The van der Waals surface area contributed by atoms with E-state index in [0.717, 1.165) is 0 Å². The summed E-state index contributed by atoms with van der Waals surface area (Å²) >= 11 is 0. The minimum atomic E-state index is -0.570. The van der Waals surface area contributed by atoms with Crippen molar-refractivity contribution in [1.29, 1.82) is 0 Å². The molecule has 1 aromatic rings. The Morgan fingerprint density at radius 1 is 1.67 bits per heavy atom. The molecule has 1 radical (unpaired) electrons. The van der Waals surface area contributed by atoms with Crippen LogP contribution in [0.1, 0.15) is 0 Å². The van der Waals surface area contributed by atoms with E-state index < -0.39 is 4.92 Å². The van der Waals surface area contributed by atoms with Gasteiger partial charge in [0.2, 0.25) is 0 Å². The van der Waals surface area contributed by atoms with Gasteiger partial charge in [0.1, 0.15) is 0 Å². The molecular weight excluding hydrogens is 160 g/mol. The second-order valence-corrected chi connectivity index (χ2v) is 1.88. The molecule has 0 amide bonds. The minimum absolute atomic E-state index is 0.146. The molecule has 0 bridgehead atoms. The Balaban J connectivity index is 3.00. The molecule has 0 saturated carbocycles. The summed E-state index contributed by atoms with van der Waals surface area (Å²) in [6, 6.07) is 6.20. The molecule has 0 atom stereocenters. The Morgan fingerprint density at radius 2 is 2.42 bits per heavy atom. The number of nitro benzene ring substituents is 1. The highest BCUT2D eigenvalue weighted by Crippen LogP contribution is 2.16. The monoisotopic (exact) mass is 163 g/mol.